The highest BCUT2D eigenvalue weighted by molar-refractivity contribution is 5.96. The molecule has 8 nitrogen and oxygen atoms in total. The third-order valence-electron chi connectivity index (χ3n) is 6.01. The highest BCUT2D eigenvalue weighted by Gasteiger charge is 2.34. The fraction of sp³-hybridized carbons (Fsp3) is 0.435. The fourth-order valence-corrected chi connectivity index (χ4v) is 4.30. The van der Waals surface area contributed by atoms with Gasteiger partial charge in [0.05, 0.1) is 11.9 Å². The molecule has 31 heavy (non-hydrogen) atoms. The van der Waals surface area contributed by atoms with Crippen molar-refractivity contribution in [2.24, 2.45) is 11.8 Å². The third-order valence-corrected chi connectivity index (χ3v) is 6.01. The number of ether oxygens (including phenoxy) is 1. The molecule has 8 heteroatoms. The summed E-state index contributed by atoms with van der Waals surface area (Å²) in [6.07, 6.45) is 5.64. The zero-order valence-corrected chi connectivity index (χ0v) is 18.0. The van der Waals surface area contributed by atoms with Crippen LogP contribution in [0, 0.1) is 11.8 Å². The lowest BCUT2D eigenvalue weighted by Gasteiger charge is -2.32. The lowest BCUT2D eigenvalue weighted by molar-refractivity contribution is -0.124. The summed E-state index contributed by atoms with van der Waals surface area (Å²) >= 11 is 0. The number of H-pyrrole nitrogens is 1. The van der Waals surface area contributed by atoms with Crippen molar-refractivity contribution in [3.8, 4) is 11.4 Å². The molecule has 0 spiro atoms. The van der Waals surface area contributed by atoms with Crippen LogP contribution < -0.4 is 9.64 Å². The van der Waals surface area contributed by atoms with Gasteiger partial charge in [0.15, 0.2) is 5.75 Å². The minimum absolute atomic E-state index is 0.0246. The van der Waals surface area contributed by atoms with Crippen LogP contribution in [0.5, 0.6) is 5.75 Å². The summed E-state index contributed by atoms with van der Waals surface area (Å²) < 4.78 is 6.60. The molecular weight excluding hydrogens is 396 g/mol. The lowest BCUT2D eigenvalue weighted by Crippen LogP contribution is -2.42. The van der Waals surface area contributed by atoms with Gasteiger partial charge in [-0.3, -0.25) is 9.69 Å². The van der Waals surface area contributed by atoms with Gasteiger partial charge >= 0.3 is 6.16 Å². The molecule has 1 aliphatic carbocycles. The zero-order chi connectivity index (χ0) is 22.1. The van der Waals surface area contributed by atoms with Crippen molar-refractivity contribution in [2.45, 2.75) is 52.5 Å². The topological polar surface area (TPSA) is 100 Å². The Morgan fingerprint density at radius 2 is 1.97 bits per heavy atom. The van der Waals surface area contributed by atoms with Crippen LogP contribution in [0.3, 0.4) is 0 Å². The van der Waals surface area contributed by atoms with Gasteiger partial charge in [-0.2, -0.15) is 0 Å². The number of nitrogens with one attached hydrogen (secondary N) is 1. The molecule has 0 bridgehead atoms. The molecular formula is C23H28N4O4. The van der Waals surface area contributed by atoms with Gasteiger partial charge in [-0.25, -0.2) is 9.48 Å². The van der Waals surface area contributed by atoms with Gasteiger partial charge in [0, 0.05) is 29.1 Å². The Labute approximate surface area is 180 Å². The SMILES string of the molecule is CC(C)N(c1nn(-c2ccc3[nH]ccc3c2)cc1OC(=O)O)C(=O)[C@H]1CC[C@H](C)CC1. The molecule has 0 saturated heterocycles. The van der Waals surface area contributed by atoms with E-state index >= 15 is 0 Å². The summed E-state index contributed by atoms with van der Waals surface area (Å²) in [5.74, 6) is 0.800. The second-order valence-electron chi connectivity index (χ2n) is 8.64. The van der Waals surface area contributed by atoms with Crippen molar-refractivity contribution < 1.29 is 19.4 Å². The van der Waals surface area contributed by atoms with Gasteiger partial charge in [0.25, 0.3) is 0 Å². The van der Waals surface area contributed by atoms with E-state index in [1.165, 1.54) is 6.20 Å². The number of carbonyl (C=O) groups excluding carboxylic acids is 1. The molecule has 0 atom stereocenters. The normalized spacial score (nSPS) is 19.0. The van der Waals surface area contributed by atoms with Crippen LogP contribution in [0.1, 0.15) is 46.5 Å². The van der Waals surface area contributed by atoms with Crippen LogP contribution in [0.25, 0.3) is 16.6 Å². The predicted molar refractivity (Wildman–Crippen MR) is 118 cm³/mol. The second-order valence-corrected chi connectivity index (χ2v) is 8.64. The van der Waals surface area contributed by atoms with Crippen molar-refractivity contribution in [1.82, 2.24) is 14.8 Å². The number of carboxylic acid groups (broad SMARTS) is 1. The van der Waals surface area contributed by atoms with Crippen LogP contribution in [-0.4, -0.2) is 38.0 Å². The van der Waals surface area contributed by atoms with E-state index in [-0.39, 0.29) is 29.4 Å². The molecule has 0 radical (unpaired) electrons. The van der Waals surface area contributed by atoms with E-state index in [0.717, 1.165) is 42.3 Å². The minimum Gasteiger partial charge on any atom is -0.449 e. The van der Waals surface area contributed by atoms with E-state index in [4.69, 9.17) is 4.74 Å². The predicted octanol–water partition coefficient (Wildman–Crippen LogP) is 4.98. The summed E-state index contributed by atoms with van der Waals surface area (Å²) in [6, 6.07) is 7.50. The summed E-state index contributed by atoms with van der Waals surface area (Å²) in [5.41, 5.74) is 1.74. The number of nitrogens with zero attached hydrogens (tertiary/aromatic N) is 3. The molecule has 4 rings (SSSR count). The Balaban J connectivity index is 1.73. The number of anilines is 1. The number of fused-ring (bicyclic) bond motifs is 1. The number of hydrogen-bond donors (Lipinski definition) is 2. The van der Waals surface area contributed by atoms with Gasteiger partial charge in [-0.1, -0.05) is 6.92 Å². The molecule has 1 aliphatic rings. The van der Waals surface area contributed by atoms with E-state index in [9.17, 15) is 14.7 Å². The van der Waals surface area contributed by atoms with Crippen LogP contribution in [0.15, 0.2) is 36.7 Å². The maximum Gasteiger partial charge on any atom is 0.511 e. The molecule has 1 amide bonds. The summed E-state index contributed by atoms with van der Waals surface area (Å²) in [7, 11) is 0. The van der Waals surface area contributed by atoms with Crippen LogP contribution in [0.4, 0.5) is 10.6 Å². The van der Waals surface area contributed by atoms with Gasteiger partial charge in [-0.15, -0.1) is 5.10 Å². The van der Waals surface area contributed by atoms with Crippen molar-refractivity contribution in [3.05, 3.63) is 36.7 Å². The smallest absolute Gasteiger partial charge is 0.449 e. The Kier molecular flexibility index (Phi) is 5.71. The largest absolute Gasteiger partial charge is 0.511 e. The number of benzene rings is 1. The average molecular weight is 425 g/mol. The van der Waals surface area contributed by atoms with Crippen LogP contribution >= 0.6 is 0 Å². The Hall–Kier alpha value is -3.29. The van der Waals surface area contributed by atoms with Crippen molar-refractivity contribution in [3.63, 3.8) is 0 Å². The zero-order valence-electron chi connectivity index (χ0n) is 18.0. The van der Waals surface area contributed by atoms with Crippen molar-refractivity contribution >= 4 is 28.8 Å². The molecule has 1 aromatic carbocycles. The number of amides is 1. The maximum atomic E-state index is 13.4. The number of aromatic amines is 1. The van der Waals surface area contributed by atoms with Crippen LogP contribution in [-0.2, 0) is 4.79 Å². The Morgan fingerprint density at radius 3 is 2.65 bits per heavy atom. The highest BCUT2D eigenvalue weighted by atomic mass is 16.7. The van der Waals surface area contributed by atoms with E-state index in [2.05, 4.69) is 17.0 Å². The van der Waals surface area contributed by atoms with E-state index < -0.39 is 6.16 Å². The molecule has 2 N–H and O–H groups in total. The quantitative estimate of drug-likeness (QED) is 0.563. The lowest BCUT2D eigenvalue weighted by atomic mass is 9.82. The first kappa shape index (κ1) is 21.0. The maximum absolute atomic E-state index is 13.4. The van der Waals surface area contributed by atoms with Gasteiger partial charge in [0.1, 0.15) is 0 Å². The standard InChI is InChI=1S/C23H28N4O4/c1-14(2)27(22(28)16-6-4-15(3)5-7-16)21-20(31-23(29)30)13-26(25-21)18-8-9-19-17(12-18)10-11-24-19/h8-16,24H,4-7H2,1-3H3,(H,29,30)/t15-,16-. The van der Waals surface area contributed by atoms with E-state index in [1.807, 2.05) is 44.3 Å². The summed E-state index contributed by atoms with van der Waals surface area (Å²) in [5, 5.41) is 14.9. The molecule has 2 aromatic heterocycles. The van der Waals surface area contributed by atoms with Gasteiger partial charge in [0.2, 0.25) is 11.7 Å². The highest BCUT2D eigenvalue weighted by Crippen LogP contribution is 2.35. The van der Waals surface area contributed by atoms with Gasteiger partial charge in [-0.05, 0) is 69.7 Å². The van der Waals surface area contributed by atoms with Crippen molar-refractivity contribution in [1.29, 1.82) is 0 Å². The van der Waals surface area contributed by atoms with E-state index in [1.54, 1.807) is 9.58 Å². The molecule has 2 heterocycles. The average Bonchev–Trinajstić information content (AvgIpc) is 3.34. The molecule has 3 aromatic rings. The first-order chi connectivity index (χ1) is 14.8. The minimum atomic E-state index is -1.44. The third kappa shape index (κ3) is 4.28. The molecule has 1 fully saturated rings. The number of hydrogen-bond acceptors (Lipinski definition) is 4. The Bertz CT molecular complexity index is 1090. The summed E-state index contributed by atoms with van der Waals surface area (Å²) in [6.45, 7) is 6.01. The van der Waals surface area contributed by atoms with Crippen LogP contribution in [0.2, 0.25) is 0 Å². The number of carbonyl (C=O) groups is 2. The molecule has 0 unspecified atom stereocenters. The first-order valence-electron chi connectivity index (χ1n) is 10.7. The van der Waals surface area contributed by atoms with E-state index in [0.29, 0.717) is 5.92 Å². The molecule has 0 aliphatic heterocycles. The summed E-state index contributed by atoms with van der Waals surface area (Å²) in [4.78, 5) is 29.5. The van der Waals surface area contributed by atoms with Crippen molar-refractivity contribution in [2.75, 3.05) is 4.90 Å². The first-order valence-corrected chi connectivity index (χ1v) is 10.7. The Morgan fingerprint density at radius 1 is 1.23 bits per heavy atom. The van der Waals surface area contributed by atoms with Gasteiger partial charge < -0.3 is 14.8 Å². The number of aromatic nitrogens is 3. The second kappa shape index (κ2) is 8.45. The molecule has 1 saturated carbocycles. The fourth-order valence-electron chi connectivity index (χ4n) is 4.30. The molecule has 164 valence electrons. The monoisotopic (exact) mass is 424 g/mol. The number of rotatable bonds is 5.